The molecule has 0 aliphatic heterocycles. The molecule has 8 nitrogen and oxygen atoms in total. The molecule has 0 aliphatic carbocycles. The van der Waals surface area contributed by atoms with Gasteiger partial charge in [0.05, 0.1) is 19.2 Å². The first kappa shape index (κ1) is 11.0. The van der Waals surface area contributed by atoms with Crippen LogP contribution in [-0.2, 0) is 6.54 Å². The van der Waals surface area contributed by atoms with Crippen LogP contribution in [0.5, 0.6) is 0 Å². The second-order valence-electron chi connectivity index (χ2n) is 2.85. The van der Waals surface area contributed by atoms with E-state index in [0.29, 0.717) is 0 Å². The first-order valence-electron chi connectivity index (χ1n) is 4.15. The molecule has 8 heteroatoms. The van der Waals surface area contributed by atoms with E-state index in [1.54, 1.807) is 0 Å². The van der Waals surface area contributed by atoms with Crippen molar-refractivity contribution in [3.63, 3.8) is 0 Å². The molecule has 1 aromatic heterocycles. The SMILES string of the molecule is [N-]=[N+]=NCC(O)Cn1ccc(N)nc1=O. The molecule has 0 aromatic carbocycles. The maximum Gasteiger partial charge on any atom is 0.349 e. The summed E-state index contributed by atoms with van der Waals surface area (Å²) < 4.78 is 1.19. The van der Waals surface area contributed by atoms with Crippen LogP contribution in [0.25, 0.3) is 10.4 Å². The molecule has 0 spiro atoms. The summed E-state index contributed by atoms with van der Waals surface area (Å²) in [6, 6.07) is 1.45. The lowest BCUT2D eigenvalue weighted by atomic mass is 10.3. The number of nitrogen functional groups attached to an aromatic ring is 1. The molecule has 0 aliphatic rings. The molecule has 0 fully saturated rings. The Bertz CT molecular complexity index is 435. The smallest absolute Gasteiger partial charge is 0.349 e. The molecule has 1 heterocycles. The average molecular weight is 210 g/mol. The van der Waals surface area contributed by atoms with E-state index in [-0.39, 0.29) is 18.9 Å². The van der Waals surface area contributed by atoms with E-state index in [9.17, 15) is 9.90 Å². The molecule has 1 atom stereocenters. The number of rotatable bonds is 4. The van der Waals surface area contributed by atoms with Crippen molar-refractivity contribution in [2.24, 2.45) is 5.11 Å². The van der Waals surface area contributed by atoms with Crippen LogP contribution in [0, 0.1) is 0 Å². The van der Waals surface area contributed by atoms with E-state index < -0.39 is 11.8 Å². The van der Waals surface area contributed by atoms with Gasteiger partial charge in [0.15, 0.2) is 0 Å². The summed E-state index contributed by atoms with van der Waals surface area (Å²) in [7, 11) is 0. The Morgan fingerprint density at radius 1 is 1.80 bits per heavy atom. The third-order valence-corrected chi connectivity index (χ3v) is 1.66. The van der Waals surface area contributed by atoms with Crippen molar-refractivity contribution in [3.8, 4) is 0 Å². The van der Waals surface area contributed by atoms with Gasteiger partial charge in [0.1, 0.15) is 5.82 Å². The van der Waals surface area contributed by atoms with Crippen molar-refractivity contribution < 1.29 is 5.11 Å². The molecule has 0 saturated heterocycles. The number of aliphatic hydroxyl groups is 1. The minimum absolute atomic E-state index is 0.0190. The maximum atomic E-state index is 11.2. The zero-order valence-corrected chi connectivity index (χ0v) is 7.82. The fourth-order valence-electron chi connectivity index (χ4n) is 0.997. The summed E-state index contributed by atoms with van der Waals surface area (Å²) in [5.74, 6) is 0.126. The molecule has 1 aromatic rings. The van der Waals surface area contributed by atoms with Crippen LogP contribution >= 0.6 is 0 Å². The quantitative estimate of drug-likeness (QED) is 0.394. The Labute approximate surface area is 84.6 Å². The highest BCUT2D eigenvalue weighted by Gasteiger charge is 2.05. The predicted molar refractivity (Wildman–Crippen MR) is 52.9 cm³/mol. The van der Waals surface area contributed by atoms with Crippen molar-refractivity contribution in [2.75, 3.05) is 12.3 Å². The number of hydrogen-bond donors (Lipinski definition) is 2. The van der Waals surface area contributed by atoms with E-state index >= 15 is 0 Å². The Morgan fingerprint density at radius 2 is 2.53 bits per heavy atom. The predicted octanol–water partition coefficient (Wildman–Crippen LogP) is -0.503. The van der Waals surface area contributed by atoms with Gasteiger partial charge in [-0.2, -0.15) is 4.98 Å². The molecule has 15 heavy (non-hydrogen) atoms. The summed E-state index contributed by atoms with van der Waals surface area (Å²) in [4.78, 5) is 17.2. The van der Waals surface area contributed by atoms with Gasteiger partial charge in [-0.3, -0.25) is 4.57 Å². The van der Waals surface area contributed by atoms with Crippen molar-refractivity contribution in [3.05, 3.63) is 33.2 Å². The van der Waals surface area contributed by atoms with Gasteiger partial charge < -0.3 is 10.8 Å². The molecular formula is C7H10N6O2. The van der Waals surface area contributed by atoms with Crippen molar-refractivity contribution >= 4 is 5.82 Å². The van der Waals surface area contributed by atoms with Gasteiger partial charge in [-0.05, 0) is 11.6 Å². The first-order chi connectivity index (χ1) is 7.13. The summed E-state index contributed by atoms with van der Waals surface area (Å²) >= 11 is 0. The van der Waals surface area contributed by atoms with Crippen molar-refractivity contribution in [1.29, 1.82) is 0 Å². The molecule has 1 rings (SSSR count). The fraction of sp³-hybridized carbons (Fsp3) is 0.429. The zero-order valence-electron chi connectivity index (χ0n) is 7.82. The van der Waals surface area contributed by atoms with E-state index in [4.69, 9.17) is 11.3 Å². The third-order valence-electron chi connectivity index (χ3n) is 1.66. The third kappa shape index (κ3) is 3.29. The highest BCUT2D eigenvalue weighted by molar-refractivity contribution is 5.23. The number of hydrogen-bond acceptors (Lipinski definition) is 5. The minimum atomic E-state index is -0.913. The minimum Gasteiger partial charge on any atom is -0.391 e. The fourth-order valence-corrected chi connectivity index (χ4v) is 0.997. The Balaban J connectivity index is 2.72. The van der Waals surface area contributed by atoms with Crippen LogP contribution in [0.4, 0.5) is 5.82 Å². The first-order valence-corrected chi connectivity index (χ1v) is 4.15. The number of nitrogens with zero attached hydrogens (tertiary/aromatic N) is 5. The molecule has 1 unspecified atom stereocenters. The Morgan fingerprint density at radius 3 is 3.13 bits per heavy atom. The summed E-state index contributed by atoms with van der Waals surface area (Å²) in [6.07, 6.45) is 0.508. The normalized spacial score (nSPS) is 11.8. The van der Waals surface area contributed by atoms with Gasteiger partial charge in [0.2, 0.25) is 0 Å². The summed E-state index contributed by atoms with van der Waals surface area (Å²) in [5, 5.41) is 12.5. The second-order valence-corrected chi connectivity index (χ2v) is 2.85. The van der Waals surface area contributed by atoms with Gasteiger partial charge in [-0.1, -0.05) is 5.11 Å². The van der Waals surface area contributed by atoms with E-state index in [0.717, 1.165) is 0 Å². The summed E-state index contributed by atoms with van der Waals surface area (Å²) in [6.45, 7) is -0.0710. The maximum absolute atomic E-state index is 11.2. The molecule has 0 amide bonds. The van der Waals surface area contributed by atoms with Crippen LogP contribution in [0.3, 0.4) is 0 Å². The van der Waals surface area contributed by atoms with Crippen molar-refractivity contribution in [1.82, 2.24) is 9.55 Å². The van der Waals surface area contributed by atoms with Crippen LogP contribution in [0.15, 0.2) is 22.2 Å². The van der Waals surface area contributed by atoms with Crippen LogP contribution in [-0.4, -0.2) is 27.3 Å². The monoisotopic (exact) mass is 210 g/mol. The molecule has 3 N–H and O–H groups in total. The molecule has 0 bridgehead atoms. The standard InChI is InChI=1S/C7H10N6O2/c8-6-1-2-13(7(15)11-6)4-5(14)3-10-12-9/h1-2,5,14H,3-4H2,(H2,8,11,15). The van der Waals surface area contributed by atoms with E-state index in [1.165, 1.54) is 16.8 Å². The van der Waals surface area contributed by atoms with Crippen molar-refractivity contribution in [2.45, 2.75) is 12.6 Å². The number of anilines is 1. The number of aromatic nitrogens is 2. The zero-order chi connectivity index (χ0) is 11.3. The van der Waals surface area contributed by atoms with Gasteiger partial charge in [-0.25, -0.2) is 4.79 Å². The van der Waals surface area contributed by atoms with Crippen LogP contribution in [0.2, 0.25) is 0 Å². The number of nitrogens with two attached hydrogens (primary N) is 1. The lowest BCUT2D eigenvalue weighted by molar-refractivity contribution is 0.160. The Hall–Kier alpha value is -2.05. The van der Waals surface area contributed by atoms with Crippen LogP contribution in [0.1, 0.15) is 0 Å². The van der Waals surface area contributed by atoms with E-state index in [2.05, 4.69) is 15.0 Å². The molecular weight excluding hydrogens is 200 g/mol. The number of azide groups is 1. The average Bonchev–Trinajstić information content (AvgIpc) is 2.19. The summed E-state index contributed by atoms with van der Waals surface area (Å²) in [5.41, 5.74) is 12.8. The van der Waals surface area contributed by atoms with Gasteiger partial charge >= 0.3 is 5.69 Å². The topological polar surface area (TPSA) is 130 Å². The lowest BCUT2D eigenvalue weighted by Gasteiger charge is -2.08. The van der Waals surface area contributed by atoms with Gasteiger partial charge in [0, 0.05) is 11.1 Å². The van der Waals surface area contributed by atoms with Gasteiger partial charge in [0.25, 0.3) is 0 Å². The second kappa shape index (κ2) is 4.99. The van der Waals surface area contributed by atoms with Gasteiger partial charge in [-0.15, -0.1) is 0 Å². The number of aliphatic hydroxyl groups excluding tert-OH is 1. The largest absolute Gasteiger partial charge is 0.391 e. The highest BCUT2D eigenvalue weighted by atomic mass is 16.3. The Kier molecular flexibility index (Phi) is 3.67. The molecule has 0 radical (unpaired) electrons. The molecule has 0 saturated carbocycles. The lowest BCUT2D eigenvalue weighted by Crippen LogP contribution is -2.29. The molecule has 80 valence electrons. The van der Waals surface area contributed by atoms with Crippen LogP contribution < -0.4 is 11.4 Å². The highest BCUT2D eigenvalue weighted by Crippen LogP contribution is 1.93. The van der Waals surface area contributed by atoms with E-state index in [1.807, 2.05) is 0 Å².